The summed E-state index contributed by atoms with van der Waals surface area (Å²) in [7, 11) is 3.04. The third-order valence-corrected chi connectivity index (χ3v) is 2.71. The van der Waals surface area contributed by atoms with E-state index in [-0.39, 0.29) is 23.9 Å². The fourth-order valence-corrected chi connectivity index (χ4v) is 1.80. The molecule has 1 unspecified atom stereocenters. The lowest BCUT2D eigenvalue weighted by atomic mass is 9.94. The van der Waals surface area contributed by atoms with Crippen LogP contribution in [0, 0.1) is 5.92 Å². The van der Waals surface area contributed by atoms with Gasteiger partial charge in [0.15, 0.2) is 5.78 Å². The molecule has 1 aromatic carbocycles. The summed E-state index contributed by atoms with van der Waals surface area (Å²) in [5, 5.41) is 0. The molecule has 0 bridgehead atoms. The van der Waals surface area contributed by atoms with Crippen LogP contribution in [0.4, 0.5) is 0 Å². The van der Waals surface area contributed by atoms with Crippen LogP contribution in [-0.4, -0.2) is 25.8 Å². The fraction of sp³-hybridized carbons (Fsp3) is 0.429. The summed E-state index contributed by atoms with van der Waals surface area (Å²) in [6.45, 7) is 3.22. The molecule has 0 fully saturated rings. The van der Waals surface area contributed by atoms with Crippen molar-refractivity contribution in [2.24, 2.45) is 5.92 Å². The Kier molecular flexibility index (Phi) is 4.89. The van der Waals surface area contributed by atoms with Gasteiger partial charge in [-0.25, -0.2) is 0 Å². The molecule has 4 heteroatoms. The van der Waals surface area contributed by atoms with Crippen molar-refractivity contribution in [1.82, 2.24) is 0 Å². The molecule has 1 rings (SSSR count). The van der Waals surface area contributed by atoms with E-state index < -0.39 is 0 Å². The number of Topliss-reactive ketones (excluding diaryl/α,β-unsaturated/α-hetero) is 2. The molecule has 0 heterocycles. The van der Waals surface area contributed by atoms with Gasteiger partial charge in [0.1, 0.15) is 17.3 Å². The lowest BCUT2D eigenvalue weighted by Crippen LogP contribution is -2.15. The van der Waals surface area contributed by atoms with E-state index in [9.17, 15) is 9.59 Å². The maximum absolute atomic E-state index is 12.2. The molecule has 4 nitrogen and oxygen atoms in total. The van der Waals surface area contributed by atoms with Crippen molar-refractivity contribution in [2.45, 2.75) is 20.3 Å². The zero-order valence-corrected chi connectivity index (χ0v) is 11.1. The average molecular weight is 250 g/mol. The quantitative estimate of drug-likeness (QED) is 0.728. The van der Waals surface area contributed by atoms with Gasteiger partial charge >= 0.3 is 0 Å². The van der Waals surface area contributed by atoms with Crippen LogP contribution >= 0.6 is 0 Å². The summed E-state index contributed by atoms with van der Waals surface area (Å²) in [6.07, 6.45) is 0.235. The molecule has 0 aliphatic heterocycles. The second kappa shape index (κ2) is 6.19. The van der Waals surface area contributed by atoms with Crippen LogP contribution in [0.2, 0.25) is 0 Å². The number of benzene rings is 1. The number of ketones is 2. The second-order valence-electron chi connectivity index (χ2n) is 4.24. The molecule has 0 spiro atoms. The third kappa shape index (κ3) is 3.32. The van der Waals surface area contributed by atoms with Gasteiger partial charge in [-0.15, -0.1) is 0 Å². The Morgan fingerprint density at radius 3 is 2.39 bits per heavy atom. The molecule has 0 aliphatic rings. The highest BCUT2D eigenvalue weighted by Crippen LogP contribution is 2.27. The zero-order valence-electron chi connectivity index (χ0n) is 11.1. The summed E-state index contributed by atoms with van der Waals surface area (Å²) in [4.78, 5) is 23.3. The smallest absolute Gasteiger partial charge is 0.169 e. The molecule has 0 amide bonds. The van der Waals surface area contributed by atoms with Crippen molar-refractivity contribution >= 4 is 11.6 Å². The SMILES string of the molecule is COc1ccc(OC)c(C(=O)C(C)CC(C)=O)c1. The number of hydrogen-bond donors (Lipinski definition) is 0. The van der Waals surface area contributed by atoms with E-state index >= 15 is 0 Å². The number of carbonyl (C=O) groups is 2. The topological polar surface area (TPSA) is 52.6 Å². The van der Waals surface area contributed by atoms with Crippen LogP contribution in [0.1, 0.15) is 30.6 Å². The monoisotopic (exact) mass is 250 g/mol. The summed E-state index contributed by atoms with van der Waals surface area (Å²) < 4.78 is 10.3. The van der Waals surface area contributed by atoms with Crippen molar-refractivity contribution < 1.29 is 19.1 Å². The molecular formula is C14H18O4. The molecular weight excluding hydrogens is 232 g/mol. The van der Waals surface area contributed by atoms with Crippen molar-refractivity contribution in [3.05, 3.63) is 23.8 Å². The molecule has 0 aromatic heterocycles. The Morgan fingerprint density at radius 1 is 1.22 bits per heavy atom. The first kappa shape index (κ1) is 14.2. The third-order valence-electron chi connectivity index (χ3n) is 2.71. The van der Waals surface area contributed by atoms with Gasteiger partial charge in [0.25, 0.3) is 0 Å². The number of ether oxygens (including phenoxy) is 2. The molecule has 0 saturated carbocycles. The number of carbonyl (C=O) groups excluding carboxylic acids is 2. The first-order chi connectivity index (χ1) is 8.49. The highest BCUT2D eigenvalue weighted by Gasteiger charge is 2.21. The van der Waals surface area contributed by atoms with Crippen LogP contribution in [0.5, 0.6) is 11.5 Å². The molecule has 0 saturated heterocycles. The lowest BCUT2D eigenvalue weighted by molar-refractivity contribution is -0.117. The maximum Gasteiger partial charge on any atom is 0.169 e. The van der Waals surface area contributed by atoms with Crippen LogP contribution in [-0.2, 0) is 4.79 Å². The van der Waals surface area contributed by atoms with Gasteiger partial charge in [-0.2, -0.15) is 0 Å². The highest BCUT2D eigenvalue weighted by atomic mass is 16.5. The summed E-state index contributed by atoms with van der Waals surface area (Å²) in [6, 6.07) is 5.05. The van der Waals surface area contributed by atoms with E-state index in [1.807, 2.05) is 0 Å². The molecule has 0 radical (unpaired) electrons. The molecule has 0 N–H and O–H groups in total. The van der Waals surface area contributed by atoms with Crippen LogP contribution in [0.15, 0.2) is 18.2 Å². The van der Waals surface area contributed by atoms with Crippen LogP contribution < -0.4 is 9.47 Å². The first-order valence-corrected chi connectivity index (χ1v) is 5.75. The second-order valence-corrected chi connectivity index (χ2v) is 4.24. The molecule has 1 atom stereocenters. The standard InChI is InChI=1S/C14H18O4/c1-9(7-10(2)15)14(16)12-8-11(17-3)5-6-13(12)18-4/h5-6,8-9H,7H2,1-4H3. The minimum atomic E-state index is -0.358. The molecule has 18 heavy (non-hydrogen) atoms. The maximum atomic E-state index is 12.2. The van der Waals surface area contributed by atoms with Gasteiger partial charge in [-0.3, -0.25) is 4.79 Å². The van der Waals surface area contributed by atoms with Crippen LogP contribution in [0.3, 0.4) is 0 Å². The highest BCUT2D eigenvalue weighted by molar-refractivity contribution is 6.02. The largest absolute Gasteiger partial charge is 0.497 e. The predicted octanol–water partition coefficient (Wildman–Crippen LogP) is 2.50. The number of methoxy groups -OCH3 is 2. The Morgan fingerprint density at radius 2 is 1.89 bits per heavy atom. The van der Waals surface area contributed by atoms with E-state index in [1.165, 1.54) is 21.1 Å². The van der Waals surface area contributed by atoms with E-state index in [1.54, 1.807) is 25.1 Å². The fourth-order valence-electron chi connectivity index (χ4n) is 1.80. The van der Waals surface area contributed by atoms with Gasteiger partial charge in [-0.1, -0.05) is 6.92 Å². The molecule has 1 aromatic rings. The Hall–Kier alpha value is -1.84. The Labute approximate surface area is 107 Å². The summed E-state index contributed by atoms with van der Waals surface area (Å²) >= 11 is 0. The van der Waals surface area contributed by atoms with Crippen molar-refractivity contribution in [3.63, 3.8) is 0 Å². The zero-order chi connectivity index (χ0) is 13.7. The van der Waals surface area contributed by atoms with Crippen molar-refractivity contribution in [1.29, 1.82) is 0 Å². The Bertz CT molecular complexity index is 451. The minimum Gasteiger partial charge on any atom is -0.497 e. The Balaban J connectivity index is 3.05. The lowest BCUT2D eigenvalue weighted by Gasteiger charge is -2.13. The van der Waals surface area contributed by atoms with E-state index in [0.717, 1.165) is 0 Å². The first-order valence-electron chi connectivity index (χ1n) is 5.75. The van der Waals surface area contributed by atoms with E-state index in [4.69, 9.17) is 9.47 Å². The van der Waals surface area contributed by atoms with Gasteiger partial charge in [0.05, 0.1) is 19.8 Å². The van der Waals surface area contributed by atoms with Gasteiger partial charge < -0.3 is 14.3 Å². The summed E-state index contributed by atoms with van der Waals surface area (Å²) in [5.41, 5.74) is 0.450. The number of rotatable bonds is 6. The van der Waals surface area contributed by atoms with Crippen molar-refractivity contribution in [2.75, 3.05) is 14.2 Å². The normalized spacial score (nSPS) is 11.8. The van der Waals surface area contributed by atoms with Crippen LogP contribution in [0.25, 0.3) is 0 Å². The predicted molar refractivity (Wildman–Crippen MR) is 68.3 cm³/mol. The van der Waals surface area contributed by atoms with E-state index in [0.29, 0.717) is 17.1 Å². The van der Waals surface area contributed by atoms with E-state index in [2.05, 4.69) is 0 Å². The summed E-state index contributed by atoms with van der Waals surface area (Å²) in [5.74, 6) is 0.618. The van der Waals surface area contributed by atoms with Gasteiger partial charge in [0.2, 0.25) is 0 Å². The molecule has 98 valence electrons. The minimum absolute atomic E-state index is 0.00212. The average Bonchev–Trinajstić information content (AvgIpc) is 2.36. The van der Waals surface area contributed by atoms with Gasteiger partial charge in [0, 0.05) is 12.3 Å². The molecule has 0 aliphatic carbocycles. The number of hydrogen-bond acceptors (Lipinski definition) is 4. The van der Waals surface area contributed by atoms with Gasteiger partial charge in [-0.05, 0) is 25.1 Å². The van der Waals surface area contributed by atoms with Crippen molar-refractivity contribution in [3.8, 4) is 11.5 Å².